The zero-order valence-corrected chi connectivity index (χ0v) is 10.3. The number of hydrogen-bond acceptors (Lipinski definition) is 4. The van der Waals surface area contributed by atoms with Gasteiger partial charge in [0, 0.05) is 32.8 Å². The van der Waals surface area contributed by atoms with Crippen molar-refractivity contribution in [2.75, 3.05) is 54.0 Å². The molecule has 15 heavy (non-hydrogen) atoms. The molecule has 1 heterocycles. The maximum Gasteiger partial charge on any atom is 0.0630 e. The second-order valence-electron chi connectivity index (χ2n) is 4.70. The lowest BCUT2D eigenvalue weighted by atomic mass is 10.1. The molecule has 0 bridgehead atoms. The first-order valence-electron chi connectivity index (χ1n) is 5.75. The Bertz CT molecular complexity index is 177. The Kier molecular flexibility index (Phi) is 5.53. The summed E-state index contributed by atoms with van der Waals surface area (Å²) >= 11 is 0. The van der Waals surface area contributed by atoms with E-state index in [2.05, 4.69) is 23.9 Å². The van der Waals surface area contributed by atoms with Gasteiger partial charge in [0.1, 0.15) is 0 Å². The van der Waals surface area contributed by atoms with Crippen LogP contribution in [0.1, 0.15) is 6.42 Å². The third-order valence-electron chi connectivity index (χ3n) is 3.29. The van der Waals surface area contributed by atoms with Crippen molar-refractivity contribution in [3.63, 3.8) is 0 Å². The number of hydrogen-bond donors (Lipinski definition) is 1. The van der Waals surface area contributed by atoms with Gasteiger partial charge in [0.25, 0.3) is 0 Å². The molecule has 90 valence electrons. The standard InChI is InChI=1S/C11H25N3O/c1-13-5-4-10(7-13)8-14(2)11(6-12)9-15-3/h10-11H,4-9,12H2,1-3H3. The normalized spacial score (nSPS) is 25.0. The molecule has 0 spiro atoms. The Morgan fingerprint density at radius 1 is 1.60 bits per heavy atom. The molecule has 0 radical (unpaired) electrons. The van der Waals surface area contributed by atoms with Crippen molar-refractivity contribution in [1.29, 1.82) is 0 Å². The molecule has 1 rings (SSSR count). The first-order chi connectivity index (χ1) is 7.17. The van der Waals surface area contributed by atoms with Crippen molar-refractivity contribution in [2.24, 2.45) is 11.7 Å². The van der Waals surface area contributed by atoms with E-state index in [0.717, 1.165) is 19.1 Å². The average molecular weight is 215 g/mol. The second-order valence-corrected chi connectivity index (χ2v) is 4.70. The van der Waals surface area contributed by atoms with Crippen LogP contribution in [-0.4, -0.2) is 69.8 Å². The minimum absolute atomic E-state index is 0.362. The van der Waals surface area contributed by atoms with Crippen LogP contribution in [-0.2, 0) is 4.74 Å². The Hall–Kier alpha value is -0.160. The Balaban J connectivity index is 2.29. The first kappa shape index (κ1) is 12.9. The molecule has 0 aromatic carbocycles. The molecule has 4 heteroatoms. The van der Waals surface area contributed by atoms with Gasteiger partial charge in [0.2, 0.25) is 0 Å². The molecule has 1 aliphatic rings. The number of likely N-dealkylation sites (tertiary alicyclic amines) is 1. The van der Waals surface area contributed by atoms with Gasteiger partial charge in [-0.1, -0.05) is 0 Å². The maximum atomic E-state index is 5.73. The zero-order valence-electron chi connectivity index (χ0n) is 10.3. The van der Waals surface area contributed by atoms with Gasteiger partial charge < -0.3 is 15.4 Å². The topological polar surface area (TPSA) is 41.7 Å². The molecular weight excluding hydrogens is 190 g/mol. The summed E-state index contributed by atoms with van der Waals surface area (Å²) in [5, 5.41) is 0. The Morgan fingerprint density at radius 2 is 2.33 bits per heavy atom. The third-order valence-corrected chi connectivity index (χ3v) is 3.29. The van der Waals surface area contributed by atoms with Crippen LogP contribution in [0.25, 0.3) is 0 Å². The van der Waals surface area contributed by atoms with Crippen molar-refractivity contribution in [3.05, 3.63) is 0 Å². The Morgan fingerprint density at radius 3 is 2.80 bits per heavy atom. The van der Waals surface area contributed by atoms with Crippen LogP contribution in [0.15, 0.2) is 0 Å². The fourth-order valence-corrected chi connectivity index (χ4v) is 2.30. The van der Waals surface area contributed by atoms with Crippen LogP contribution >= 0.6 is 0 Å². The van der Waals surface area contributed by atoms with Crippen LogP contribution in [0.5, 0.6) is 0 Å². The molecule has 0 aromatic heterocycles. The number of nitrogens with two attached hydrogens (primary N) is 1. The lowest BCUT2D eigenvalue weighted by molar-refractivity contribution is 0.101. The minimum atomic E-state index is 0.362. The van der Waals surface area contributed by atoms with E-state index in [4.69, 9.17) is 10.5 Å². The van der Waals surface area contributed by atoms with E-state index in [1.165, 1.54) is 19.5 Å². The largest absolute Gasteiger partial charge is 0.383 e. The molecule has 0 aromatic rings. The molecule has 1 aliphatic heterocycles. The summed E-state index contributed by atoms with van der Waals surface area (Å²) < 4.78 is 5.17. The van der Waals surface area contributed by atoms with Gasteiger partial charge in [-0.2, -0.15) is 0 Å². The fraction of sp³-hybridized carbons (Fsp3) is 1.00. The van der Waals surface area contributed by atoms with Crippen LogP contribution in [0.2, 0.25) is 0 Å². The zero-order chi connectivity index (χ0) is 11.3. The molecule has 0 saturated carbocycles. The summed E-state index contributed by atoms with van der Waals surface area (Å²) in [6, 6.07) is 0.362. The smallest absolute Gasteiger partial charge is 0.0630 e. The van der Waals surface area contributed by atoms with E-state index in [1.807, 2.05) is 0 Å². The van der Waals surface area contributed by atoms with Gasteiger partial charge in [0.05, 0.1) is 6.61 Å². The number of nitrogens with zero attached hydrogens (tertiary/aromatic N) is 2. The first-order valence-corrected chi connectivity index (χ1v) is 5.75. The maximum absolute atomic E-state index is 5.73. The summed E-state index contributed by atoms with van der Waals surface area (Å²) in [6.07, 6.45) is 1.31. The van der Waals surface area contributed by atoms with Crippen LogP contribution in [0, 0.1) is 5.92 Å². The third kappa shape index (κ3) is 4.07. The molecule has 1 saturated heterocycles. The van der Waals surface area contributed by atoms with E-state index in [9.17, 15) is 0 Å². The predicted molar refractivity (Wildman–Crippen MR) is 63.0 cm³/mol. The average Bonchev–Trinajstić information content (AvgIpc) is 2.60. The van der Waals surface area contributed by atoms with E-state index in [-0.39, 0.29) is 0 Å². The molecule has 4 nitrogen and oxygen atoms in total. The molecular formula is C11H25N3O. The number of rotatable bonds is 6. The van der Waals surface area contributed by atoms with Crippen molar-refractivity contribution < 1.29 is 4.74 Å². The highest BCUT2D eigenvalue weighted by Gasteiger charge is 2.23. The van der Waals surface area contributed by atoms with Gasteiger partial charge in [-0.15, -0.1) is 0 Å². The van der Waals surface area contributed by atoms with Crippen molar-refractivity contribution >= 4 is 0 Å². The molecule has 2 N–H and O–H groups in total. The summed E-state index contributed by atoms with van der Waals surface area (Å²) in [4.78, 5) is 4.74. The van der Waals surface area contributed by atoms with E-state index >= 15 is 0 Å². The summed E-state index contributed by atoms with van der Waals surface area (Å²) in [7, 11) is 6.07. The highest BCUT2D eigenvalue weighted by Crippen LogP contribution is 2.15. The van der Waals surface area contributed by atoms with E-state index in [1.54, 1.807) is 7.11 Å². The summed E-state index contributed by atoms with van der Waals surface area (Å²) in [6.45, 7) is 4.99. The lowest BCUT2D eigenvalue weighted by Crippen LogP contribution is -2.43. The second kappa shape index (κ2) is 6.43. The van der Waals surface area contributed by atoms with Crippen molar-refractivity contribution in [3.8, 4) is 0 Å². The van der Waals surface area contributed by atoms with Gasteiger partial charge in [-0.05, 0) is 33.0 Å². The molecule has 2 atom stereocenters. The quantitative estimate of drug-likeness (QED) is 0.669. The summed E-state index contributed by atoms with van der Waals surface area (Å²) in [5.41, 5.74) is 5.73. The highest BCUT2D eigenvalue weighted by atomic mass is 16.5. The van der Waals surface area contributed by atoms with E-state index in [0.29, 0.717) is 12.6 Å². The lowest BCUT2D eigenvalue weighted by Gasteiger charge is -2.28. The van der Waals surface area contributed by atoms with Crippen LogP contribution < -0.4 is 5.73 Å². The van der Waals surface area contributed by atoms with E-state index < -0.39 is 0 Å². The summed E-state index contributed by atoms with van der Waals surface area (Å²) in [5.74, 6) is 0.797. The SMILES string of the molecule is COCC(CN)N(C)CC1CCN(C)C1. The van der Waals surface area contributed by atoms with Gasteiger partial charge in [-0.3, -0.25) is 4.90 Å². The van der Waals surface area contributed by atoms with Gasteiger partial charge in [-0.25, -0.2) is 0 Å². The predicted octanol–water partition coefficient (Wildman–Crippen LogP) is -0.156. The number of ether oxygens (including phenoxy) is 1. The van der Waals surface area contributed by atoms with Crippen LogP contribution in [0.4, 0.5) is 0 Å². The molecule has 0 amide bonds. The Labute approximate surface area is 93.4 Å². The fourth-order valence-electron chi connectivity index (χ4n) is 2.30. The number of methoxy groups -OCH3 is 1. The minimum Gasteiger partial charge on any atom is -0.383 e. The highest BCUT2D eigenvalue weighted by molar-refractivity contribution is 4.78. The van der Waals surface area contributed by atoms with Gasteiger partial charge in [0.15, 0.2) is 0 Å². The van der Waals surface area contributed by atoms with Crippen molar-refractivity contribution in [2.45, 2.75) is 12.5 Å². The number of likely N-dealkylation sites (N-methyl/N-ethyl adjacent to an activating group) is 1. The van der Waals surface area contributed by atoms with Gasteiger partial charge >= 0.3 is 0 Å². The van der Waals surface area contributed by atoms with Crippen LogP contribution in [0.3, 0.4) is 0 Å². The molecule has 1 fully saturated rings. The molecule has 2 unspecified atom stereocenters. The molecule has 0 aliphatic carbocycles. The monoisotopic (exact) mass is 215 g/mol. The van der Waals surface area contributed by atoms with Crippen molar-refractivity contribution in [1.82, 2.24) is 9.80 Å².